The Morgan fingerprint density at radius 3 is 2.50 bits per heavy atom. The van der Waals surface area contributed by atoms with Gasteiger partial charge < -0.3 is 10.8 Å². The summed E-state index contributed by atoms with van der Waals surface area (Å²) in [6, 6.07) is 1.75. The van der Waals surface area contributed by atoms with Crippen molar-refractivity contribution in [1.82, 2.24) is 10.2 Å². The van der Waals surface area contributed by atoms with Crippen molar-refractivity contribution in [2.45, 2.75) is 20.8 Å². The molecular formula is C12H15N3O. The molecule has 0 atom stereocenters. The molecule has 0 fully saturated rings. The fourth-order valence-corrected chi connectivity index (χ4v) is 1.97. The number of anilines is 1. The Kier molecular flexibility index (Phi) is 2.34. The van der Waals surface area contributed by atoms with Crippen LogP contribution in [0.2, 0.25) is 0 Å². The quantitative estimate of drug-likeness (QED) is 0.686. The van der Waals surface area contributed by atoms with E-state index in [-0.39, 0.29) is 0 Å². The number of aromatic amines is 1. The highest BCUT2D eigenvalue weighted by molar-refractivity contribution is 5.79. The Bertz CT molecular complexity index is 543. The van der Waals surface area contributed by atoms with E-state index in [1.54, 1.807) is 12.3 Å². The summed E-state index contributed by atoms with van der Waals surface area (Å²) in [6.45, 7) is 5.82. The van der Waals surface area contributed by atoms with Crippen LogP contribution in [-0.2, 0) is 0 Å². The van der Waals surface area contributed by atoms with Gasteiger partial charge in [-0.2, -0.15) is 5.10 Å². The smallest absolute Gasteiger partial charge is 0.126 e. The van der Waals surface area contributed by atoms with Gasteiger partial charge in [0.1, 0.15) is 11.6 Å². The molecule has 1 aromatic carbocycles. The zero-order valence-electron chi connectivity index (χ0n) is 9.63. The minimum absolute atomic E-state index is 0.320. The first-order valence-corrected chi connectivity index (χ1v) is 5.11. The van der Waals surface area contributed by atoms with Crippen LogP contribution in [0.3, 0.4) is 0 Å². The molecule has 2 aromatic rings. The normalized spacial score (nSPS) is 10.7. The van der Waals surface area contributed by atoms with Crippen molar-refractivity contribution in [3.05, 3.63) is 29.0 Å². The van der Waals surface area contributed by atoms with Crippen molar-refractivity contribution in [1.29, 1.82) is 0 Å². The molecule has 16 heavy (non-hydrogen) atoms. The number of aryl methyl sites for hydroxylation is 1. The van der Waals surface area contributed by atoms with Crippen molar-refractivity contribution >= 4 is 5.82 Å². The Morgan fingerprint density at radius 2 is 1.94 bits per heavy atom. The third kappa shape index (κ3) is 1.43. The largest absolute Gasteiger partial charge is 0.508 e. The van der Waals surface area contributed by atoms with E-state index in [9.17, 15) is 5.11 Å². The van der Waals surface area contributed by atoms with Crippen molar-refractivity contribution in [3.63, 3.8) is 0 Å². The molecule has 0 spiro atoms. The Balaban J connectivity index is 2.76. The molecule has 0 amide bonds. The fraction of sp³-hybridized carbons (Fsp3) is 0.250. The van der Waals surface area contributed by atoms with Crippen molar-refractivity contribution in [2.75, 3.05) is 5.73 Å². The van der Waals surface area contributed by atoms with Crippen LogP contribution in [0.1, 0.15) is 16.7 Å². The lowest BCUT2D eigenvalue weighted by atomic mass is 9.93. The summed E-state index contributed by atoms with van der Waals surface area (Å²) in [6.07, 6.45) is 1.71. The zero-order valence-corrected chi connectivity index (χ0v) is 9.63. The highest BCUT2D eigenvalue weighted by Gasteiger charge is 2.14. The zero-order chi connectivity index (χ0) is 11.9. The molecular weight excluding hydrogens is 202 g/mol. The van der Waals surface area contributed by atoms with Gasteiger partial charge in [-0.25, -0.2) is 0 Å². The minimum Gasteiger partial charge on any atom is -0.508 e. The second-order valence-corrected chi connectivity index (χ2v) is 4.03. The summed E-state index contributed by atoms with van der Waals surface area (Å²) in [4.78, 5) is 0. The highest BCUT2D eigenvalue weighted by Crippen LogP contribution is 2.35. The van der Waals surface area contributed by atoms with Crippen LogP contribution < -0.4 is 5.73 Å². The molecule has 4 N–H and O–H groups in total. The maximum Gasteiger partial charge on any atom is 0.126 e. The number of benzene rings is 1. The van der Waals surface area contributed by atoms with Gasteiger partial charge in [-0.15, -0.1) is 0 Å². The molecule has 1 heterocycles. The molecule has 0 saturated heterocycles. The number of H-pyrrole nitrogens is 1. The number of aromatic hydroxyl groups is 1. The summed E-state index contributed by atoms with van der Waals surface area (Å²) in [5.74, 6) is 0.872. The standard InChI is InChI=1S/C12H15N3O/c1-6-4-10(16)7(2)8(3)11(6)9-5-14-15-12(9)13/h4-5,16H,1-3H3,(H3,13,14,15). The fourth-order valence-electron chi connectivity index (χ4n) is 1.97. The van der Waals surface area contributed by atoms with E-state index in [0.29, 0.717) is 11.6 Å². The molecule has 0 bridgehead atoms. The first kappa shape index (κ1) is 10.5. The van der Waals surface area contributed by atoms with E-state index in [0.717, 1.165) is 27.8 Å². The lowest BCUT2D eigenvalue weighted by Gasteiger charge is -2.13. The van der Waals surface area contributed by atoms with Gasteiger partial charge in [0.25, 0.3) is 0 Å². The lowest BCUT2D eigenvalue weighted by Crippen LogP contribution is -1.95. The molecule has 4 heteroatoms. The minimum atomic E-state index is 0.320. The Hall–Kier alpha value is -1.97. The molecule has 0 unspecified atom stereocenters. The van der Waals surface area contributed by atoms with E-state index < -0.39 is 0 Å². The van der Waals surface area contributed by atoms with Crippen LogP contribution in [0.5, 0.6) is 5.75 Å². The third-order valence-electron chi connectivity index (χ3n) is 3.01. The third-order valence-corrected chi connectivity index (χ3v) is 3.01. The Labute approximate surface area is 94.1 Å². The van der Waals surface area contributed by atoms with Gasteiger partial charge in [0.05, 0.1) is 6.20 Å². The van der Waals surface area contributed by atoms with Gasteiger partial charge in [0.15, 0.2) is 0 Å². The monoisotopic (exact) mass is 217 g/mol. The van der Waals surface area contributed by atoms with E-state index >= 15 is 0 Å². The number of nitrogen functional groups attached to an aromatic ring is 1. The number of phenolic OH excluding ortho intramolecular Hbond substituents is 1. The number of nitrogens with two attached hydrogens (primary N) is 1. The lowest BCUT2D eigenvalue weighted by molar-refractivity contribution is 0.470. The van der Waals surface area contributed by atoms with Crippen LogP contribution in [0.4, 0.5) is 5.82 Å². The first-order valence-electron chi connectivity index (χ1n) is 5.11. The van der Waals surface area contributed by atoms with Gasteiger partial charge in [-0.3, -0.25) is 5.10 Å². The summed E-state index contributed by atoms with van der Waals surface area (Å²) in [5.41, 5.74) is 10.7. The van der Waals surface area contributed by atoms with E-state index in [4.69, 9.17) is 5.73 Å². The number of aromatic nitrogens is 2. The summed E-state index contributed by atoms with van der Waals surface area (Å²) < 4.78 is 0. The number of hydrogen-bond acceptors (Lipinski definition) is 3. The number of nitrogens with one attached hydrogen (secondary N) is 1. The molecule has 0 aliphatic rings. The van der Waals surface area contributed by atoms with Crippen LogP contribution >= 0.6 is 0 Å². The molecule has 1 aromatic heterocycles. The SMILES string of the molecule is Cc1cc(O)c(C)c(C)c1-c1cn[nH]c1N. The van der Waals surface area contributed by atoms with Gasteiger partial charge in [-0.1, -0.05) is 0 Å². The second-order valence-electron chi connectivity index (χ2n) is 4.03. The van der Waals surface area contributed by atoms with E-state index in [1.807, 2.05) is 20.8 Å². The van der Waals surface area contributed by atoms with Crippen molar-refractivity contribution in [3.8, 4) is 16.9 Å². The number of rotatable bonds is 1. The van der Waals surface area contributed by atoms with Crippen LogP contribution in [-0.4, -0.2) is 15.3 Å². The number of hydrogen-bond donors (Lipinski definition) is 3. The Morgan fingerprint density at radius 1 is 1.25 bits per heavy atom. The van der Waals surface area contributed by atoms with Crippen LogP contribution in [0.15, 0.2) is 12.3 Å². The molecule has 2 rings (SSSR count). The second kappa shape index (κ2) is 3.56. The maximum atomic E-state index is 9.72. The summed E-state index contributed by atoms with van der Waals surface area (Å²) >= 11 is 0. The topological polar surface area (TPSA) is 74.9 Å². The maximum absolute atomic E-state index is 9.72. The molecule has 0 aliphatic heterocycles. The summed E-state index contributed by atoms with van der Waals surface area (Å²) in [7, 11) is 0. The molecule has 0 saturated carbocycles. The van der Waals surface area contributed by atoms with Gasteiger partial charge in [0, 0.05) is 5.56 Å². The van der Waals surface area contributed by atoms with E-state index in [1.165, 1.54) is 0 Å². The average Bonchev–Trinajstić information content (AvgIpc) is 2.62. The number of nitrogens with zero attached hydrogens (tertiary/aromatic N) is 1. The predicted molar refractivity (Wildman–Crippen MR) is 64.3 cm³/mol. The van der Waals surface area contributed by atoms with E-state index in [2.05, 4.69) is 10.2 Å². The predicted octanol–water partition coefficient (Wildman–Crippen LogP) is 2.29. The molecule has 0 radical (unpaired) electrons. The number of phenols is 1. The molecule has 4 nitrogen and oxygen atoms in total. The van der Waals surface area contributed by atoms with Crippen molar-refractivity contribution in [2.24, 2.45) is 0 Å². The van der Waals surface area contributed by atoms with Gasteiger partial charge in [0.2, 0.25) is 0 Å². The first-order chi connectivity index (χ1) is 7.52. The highest BCUT2D eigenvalue weighted by atomic mass is 16.3. The summed E-state index contributed by atoms with van der Waals surface area (Å²) in [5, 5.41) is 16.4. The van der Waals surface area contributed by atoms with Gasteiger partial charge in [-0.05, 0) is 49.1 Å². The van der Waals surface area contributed by atoms with Crippen molar-refractivity contribution < 1.29 is 5.11 Å². The van der Waals surface area contributed by atoms with Crippen LogP contribution in [0.25, 0.3) is 11.1 Å². The van der Waals surface area contributed by atoms with Gasteiger partial charge >= 0.3 is 0 Å². The average molecular weight is 217 g/mol. The molecule has 84 valence electrons. The molecule has 0 aliphatic carbocycles. The van der Waals surface area contributed by atoms with Crippen LogP contribution in [0, 0.1) is 20.8 Å².